The second-order valence-corrected chi connectivity index (χ2v) is 8.78. The van der Waals surface area contributed by atoms with Gasteiger partial charge in [-0.25, -0.2) is 0 Å². The van der Waals surface area contributed by atoms with E-state index in [1.54, 1.807) is 0 Å². The monoisotopic (exact) mass is 467 g/mol. The number of hydrogen-bond acceptors (Lipinski definition) is 14. The Kier molecular flexibility index (Phi) is 8.79. The van der Waals surface area contributed by atoms with Gasteiger partial charge in [0, 0.05) is 18.6 Å². The van der Waals surface area contributed by atoms with E-state index >= 15 is 0 Å². The fourth-order valence-corrected chi connectivity index (χ4v) is 4.43. The second-order valence-electron chi connectivity index (χ2n) is 8.78. The molecule has 0 amide bonds. The molecule has 15 N–H and O–H groups in total. The van der Waals surface area contributed by atoms with E-state index in [1.807, 2.05) is 0 Å². The first-order chi connectivity index (χ1) is 15.1. The highest BCUT2D eigenvalue weighted by atomic mass is 16.7. The predicted octanol–water partition coefficient (Wildman–Crippen LogP) is -6.30. The molecule has 3 fully saturated rings. The van der Waals surface area contributed by atoms with E-state index in [4.69, 9.17) is 47.6 Å². The number of ether oxygens (including phenoxy) is 4. The zero-order valence-electron chi connectivity index (χ0n) is 17.7. The Labute approximate surface area is 185 Å². The number of aliphatic hydroxyl groups excluding tert-OH is 5. The Morgan fingerprint density at radius 2 is 1.28 bits per heavy atom. The third kappa shape index (κ3) is 5.24. The maximum absolute atomic E-state index is 11.0. The SMILES string of the molecule is NCC1O[C@H](O[C@@H]2C(N)C[C@@H](N)C(O[C@@H]3OC(CO)[C@H](O)C(N)C3O)[C@H]2O)C(N)C[C@@H]1O. The molecule has 0 aromatic heterocycles. The van der Waals surface area contributed by atoms with Crippen LogP contribution in [0.4, 0.5) is 0 Å². The molecule has 2 saturated heterocycles. The zero-order valence-corrected chi connectivity index (χ0v) is 17.7. The van der Waals surface area contributed by atoms with Crippen LogP contribution in [0.1, 0.15) is 12.8 Å². The smallest absolute Gasteiger partial charge is 0.186 e. The van der Waals surface area contributed by atoms with E-state index < -0.39 is 92.2 Å². The van der Waals surface area contributed by atoms with Crippen LogP contribution in [-0.4, -0.2) is 124 Å². The quantitative estimate of drug-likeness (QED) is 0.174. The molecule has 1 aliphatic carbocycles. The Bertz CT molecular complexity index is 607. The summed E-state index contributed by atoms with van der Waals surface area (Å²) < 4.78 is 22.7. The minimum atomic E-state index is -1.44. The molecule has 1 saturated carbocycles. The summed E-state index contributed by atoms with van der Waals surface area (Å²) in [4.78, 5) is 0. The van der Waals surface area contributed by atoms with Crippen LogP contribution in [0.25, 0.3) is 0 Å². The van der Waals surface area contributed by atoms with E-state index in [2.05, 4.69) is 0 Å². The molecule has 14 heteroatoms. The van der Waals surface area contributed by atoms with Gasteiger partial charge in [0.1, 0.15) is 36.6 Å². The highest BCUT2D eigenvalue weighted by Crippen LogP contribution is 2.30. The van der Waals surface area contributed by atoms with Gasteiger partial charge in [-0.3, -0.25) is 0 Å². The van der Waals surface area contributed by atoms with Crippen molar-refractivity contribution >= 4 is 0 Å². The van der Waals surface area contributed by atoms with Crippen LogP contribution in [0, 0.1) is 0 Å². The van der Waals surface area contributed by atoms with Gasteiger partial charge in [-0.15, -0.1) is 0 Å². The molecular weight excluding hydrogens is 430 g/mol. The molecule has 3 aliphatic rings. The van der Waals surface area contributed by atoms with Crippen LogP contribution in [0.15, 0.2) is 0 Å². The first-order valence-corrected chi connectivity index (χ1v) is 10.8. The molecule has 0 aromatic rings. The number of hydrogen-bond donors (Lipinski definition) is 10. The van der Waals surface area contributed by atoms with E-state index in [1.165, 1.54) is 0 Å². The molecule has 2 heterocycles. The van der Waals surface area contributed by atoms with Crippen molar-refractivity contribution in [2.24, 2.45) is 28.7 Å². The summed E-state index contributed by atoms with van der Waals surface area (Å²) in [5.41, 5.74) is 29.8. The van der Waals surface area contributed by atoms with Gasteiger partial charge in [0.2, 0.25) is 0 Å². The summed E-state index contributed by atoms with van der Waals surface area (Å²) in [5, 5.41) is 50.7. The topological polar surface area (TPSA) is 268 Å². The minimum absolute atomic E-state index is 0.0542. The Morgan fingerprint density at radius 1 is 0.719 bits per heavy atom. The average Bonchev–Trinajstić information content (AvgIpc) is 2.75. The van der Waals surface area contributed by atoms with Crippen LogP contribution in [0.2, 0.25) is 0 Å². The van der Waals surface area contributed by atoms with Crippen molar-refractivity contribution in [3.8, 4) is 0 Å². The molecule has 0 radical (unpaired) electrons. The van der Waals surface area contributed by atoms with Gasteiger partial charge >= 0.3 is 0 Å². The minimum Gasteiger partial charge on any atom is -0.394 e. The predicted molar refractivity (Wildman–Crippen MR) is 108 cm³/mol. The molecule has 0 aromatic carbocycles. The first-order valence-electron chi connectivity index (χ1n) is 10.8. The van der Waals surface area contributed by atoms with Crippen molar-refractivity contribution < 1.29 is 44.5 Å². The van der Waals surface area contributed by atoms with E-state index in [9.17, 15) is 25.5 Å². The summed E-state index contributed by atoms with van der Waals surface area (Å²) in [7, 11) is 0. The van der Waals surface area contributed by atoms with Gasteiger partial charge in [-0.05, 0) is 12.8 Å². The lowest BCUT2D eigenvalue weighted by atomic mass is 9.84. The molecule has 2 aliphatic heterocycles. The second kappa shape index (κ2) is 10.8. The Hall–Kier alpha value is -0.560. The maximum Gasteiger partial charge on any atom is 0.186 e. The maximum atomic E-state index is 11.0. The molecule has 0 bridgehead atoms. The largest absolute Gasteiger partial charge is 0.394 e. The average molecular weight is 468 g/mol. The van der Waals surface area contributed by atoms with Crippen LogP contribution >= 0.6 is 0 Å². The van der Waals surface area contributed by atoms with Crippen molar-refractivity contribution in [2.75, 3.05) is 13.2 Å². The fourth-order valence-electron chi connectivity index (χ4n) is 4.43. The van der Waals surface area contributed by atoms with E-state index in [-0.39, 0.29) is 19.4 Å². The standard InChI is InChI=1S/C18H37N5O9/c19-3-9-8(25)2-7(22)17(29-9)31-15-5(20)1-6(21)16(14(15)28)32-18-13(27)11(23)12(26)10(4-24)30-18/h5-18,24-28H,1-4,19-23H2/t5?,6-,7?,8+,9?,10?,11?,12+,13?,14+,15-,16?,17-,18+/m1/s1. The normalized spacial score (nSPS) is 52.7. The summed E-state index contributed by atoms with van der Waals surface area (Å²) >= 11 is 0. The zero-order chi connectivity index (χ0) is 23.7. The van der Waals surface area contributed by atoms with Gasteiger partial charge in [-0.2, -0.15) is 0 Å². The molecular formula is C18H37N5O9. The molecule has 7 unspecified atom stereocenters. The molecule has 14 nitrogen and oxygen atoms in total. The highest BCUT2D eigenvalue weighted by molar-refractivity contribution is 5.01. The summed E-state index contributed by atoms with van der Waals surface area (Å²) in [6.45, 7) is -0.499. The van der Waals surface area contributed by atoms with Crippen molar-refractivity contribution in [1.29, 1.82) is 0 Å². The summed E-state index contributed by atoms with van der Waals surface area (Å²) in [6, 6.07) is -3.27. The first kappa shape index (κ1) is 26.1. The van der Waals surface area contributed by atoms with Crippen molar-refractivity contribution in [1.82, 2.24) is 0 Å². The highest BCUT2D eigenvalue weighted by Gasteiger charge is 2.50. The molecule has 188 valence electrons. The fraction of sp³-hybridized carbons (Fsp3) is 1.00. The van der Waals surface area contributed by atoms with E-state index in [0.717, 1.165) is 0 Å². The Balaban J connectivity index is 1.70. The third-order valence-corrected chi connectivity index (χ3v) is 6.41. The van der Waals surface area contributed by atoms with Crippen LogP contribution in [0.3, 0.4) is 0 Å². The number of nitrogens with two attached hydrogens (primary N) is 5. The van der Waals surface area contributed by atoms with Gasteiger partial charge < -0.3 is 73.1 Å². The summed E-state index contributed by atoms with van der Waals surface area (Å²) in [6.07, 6.45) is -10.8. The van der Waals surface area contributed by atoms with Crippen molar-refractivity contribution in [3.05, 3.63) is 0 Å². The number of rotatable bonds is 6. The van der Waals surface area contributed by atoms with Crippen molar-refractivity contribution in [2.45, 2.75) is 98.4 Å². The van der Waals surface area contributed by atoms with Gasteiger partial charge in [0.05, 0.1) is 30.9 Å². The lowest BCUT2D eigenvalue weighted by molar-refractivity contribution is -0.314. The van der Waals surface area contributed by atoms with Gasteiger partial charge in [-0.1, -0.05) is 0 Å². The third-order valence-electron chi connectivity index (χ3n) is 6.41. The van der Waals surface area contributed by atoms with Gasteiger partial charge in [0.15, 0.2) is 12.6 Å². The molecule has 3 rings (SSSR count). The number of aliphatic hydroxyl groups is 5. The summed E-state index contributed by atoms with van der Waals surface area (Å²) in [5.74, 6) is 0. The molecule has 0 spiro atoms. The molecule has 14 atom stereocenters. The van der Waals surface area contributed by atoms with Crippen LogP contribution in [0.5, 0.6) is 0 Å². The lowest BCUT2D eigenvalue weighted by Crippen LogP contribution is -2.68. The molecule has 32 heavy (non-hydrogen) atoms. The van der Waals surface area contributed by atoms with Gasteiger partial charge in [0.25, 0.3) is 0 Å². The Morgan fingerprint density at radius 3 is 1.84 bits per heavy atom. The van der Waals surface area contributed by atoms with Crippen molar-refractivity contribution in [3.63, 3.8) is 0 Å². The van der Waals surface area contributed by atoms with Crippen LogP contribution < -0.4 is 28.7 Å². The lowest BCUT2D eigenvalue weighted by Gasteiger charge is -2.47. The van der Waals surface area contributed by atoms with E-state index in [0.29, 0.717) is 0 Å². The van der Waals surface area contributed by atoms with Crippen LogP contribution in [-0.2, 0) is 18.9 Å².